The Morgan fingerprint density at radius 3 is 2.72 bits per heavy atom. The molecule has 1 spiro atoms. The number of pyridine rings is 1. The number of hydrogen-bond acceptors (Lipinski definition) is 6. The topological polar surface area (TPSA) is 104 Å². The molecule has 0 unspecified atom stereocenters. The number of aromatic nitrogens is 1. The molecule has 29 heavy (non-hydrogen) atoms. The van der Waals surface area contributed by atoms with Crippen LogP contribution in [0, 0.1) is 0 Å². The molecule has 2 saturated heterocycles. The van der Waals surface area contributed by atoms with Crippen LogP contribution in [0.4, 0.5) is 10.6 Å². The van der Waals surface area contributed by atoms with Gasteiger partial charge in [0.2, 0.25) is 5.91 Å². The van der Waals surface area contributed by atoms with Gasteiger partial charge in [0.25, 0.3) is 5.91 Å². The highest BCUT2D eigenvalue weighted by atomic mass is 16.5. The van der Waals surface area contributed by atoms with Gasteiger partial charge < -0.3 is 20.3 Å². The summed E-state index contributed by atoms with van der Waals surface area (Å²) in [4.78, 5) is 45.2. The van der Waals surface area contributed by atoms with Crippen LogP contribution in [-0.4, -0.2) is 66.1 Å². The van der Waals surface area contributed by atoms with Crippen molar-refractivity contribution in [1.29, 1.82) is 0 Å². The number of hydrogen-bond donors (Lipinski definition) is 2. The largest absolute Gasteiger partial charge is 0.378 e. The number of urea groups is 1. The summed E-state index contributed by atoms with van der Waals surface area (Å²) in [5.41, 5.74) is 0.0892. The molecular formula is C20H27N5O4. The number of nitrogens with one attached hydrogen (secondary N) is 2. The van der Waals surface area contributed by atoms with E-state index in [0.717, 1.165) is 48.6 Å². The summed E-state index contributed by atoms with van der Waals surface area (Å²) < 4.78 is 5.39. The standard InChI is InChI=1S/C20H27N5O4/c26-16(14-25-18(27)20(23-19(25)28)6-2-1-3-7-20)22-13-15-5-4-8-21-17(15)24-9-11-29-12-10-24/h4-5,8H,1-3,6-7,9-14H2,(H,22,26)(H,23,28). The zero-order chi connectivity index (χ0) is 20.3. The van der Waals surface area contributed by atoms with Crippen LogP contribution in [-0.2, 0) is 20.9 Å². The second-order valence-electron chi connectivity index (χ2n) is 7.83. The maximum atomic E-state index is 12.8. The fourth-order valence-corrected chi connectivity index (χ4v) is 4.34. The van der Waals surface area contributed by atoms with Crippen LogP contribution in [0.15, 0.2) is 18.3 Å². The van der Waals surface area contributed by atoms with Crippen LogP contribution in [0.5, 0.6) is 0 Å². The Morgan fingerprint density at radius 1 is 1.21 bits per heavy atom. The molecule has 9 nitrogen and oxygen atoms in total. The average Bonchev–Trinajstić information content (AvgIpc) is 2.97. The van der Waals surface area contributed by atoms with Crippen LogP contribution in [0.25, 0.3) is 0 Å². The summed E-state index contributed by atoms with van der Waals surface area (Å²) in [6, 6.07) is 3.28. The average molecular weight is 401 g/mol. The number of morpholine rings is 1. The van der Waals surface area contributed by atoms with E-state index in [2.05, 4.69) is 20.5 Å². The molecule has 1 aromatic rings. The summed E-state index contributed by atoms with van der Waals surface area (Å²) in [6.45, 7) is 2.82. The number of imide groups is 1. The van der Waals surface area contributed by atoms with Crippen molar-refractivity contribution in [1.82, 2.24) is 20.5 Å². The summed E-state index contributed by atoms with van der Waals surface area (Å²) in [5.74, 6) is 0.193. The lowest BCUT2D eigenvalue weighted by atomic mass is 9.82. The van der Waals surface area contributed by atoms with Gasteiger partial charge in [0.05, 0.1) is 13.2 Å². The van der Waals surface area contributed by atoms with Crippen molar-refractivity contribution in [2.45, 2.75) is 44.2 Å². The predicted octanol–water partition coefficient (Wildman–Crippen LogP) is 0.789. The molecule has 0 radical (unpaired) electrons. The van der Waals surface area contributed by atoms with Crippen molar-refractivity contribution in [3.05, 3.63) is 23.9 Å². The molecule has 1 saturated carbocycles. The van der Waals surface area contributed by atoms with Crippen LogP contribution < -0.4 is 15.5 Å². The molecular weight excluding hydrogens is 374 g/mol. The van der Waals surface area contributed by atoms with E-state index in [1.165, 1.54) is 0 Å². The number of carbonyl (C=O) groups is 3. The highest BCUT2D eigenvalue weighted by molar-refractivity contribution is 6.09. The summed E-state index contributed by atoms with van der Waals surface area (Å²) >= 11 is 0. The predicted molar refractivity (Wildman–Crippen MR) is 105 cm³/mol. The van der Waals surface area contributed by atoms with Crippen LogP contribution >= 0.6 is 0 Å². The van der Waals surface area contributed by atoms with Gasteiger partial charge >= 0.3 is 6.03 Å². The lowest BCUT2D eigenvalue weighted by Gasteiger charge is -2.30. The van der Waals surface area contributed by atoms with Crippen LogP contribution in [0.1, 0.15) is 37.7 Å². The van der Waals surface area contributed by atoms with Crippen LogP contribution in [0.3, 0.4) is 0 Å². The molecule has 3 fully saturated rings. The Morgan fingerprint density at radius 2 is 1.97 bits per heavy atom. The quantitative estimate of drug-likeness (QED) is 0.707. The minimum Gasteiger partial charge on any atom is -0.378 e. The van der Waals surface area contributed by atoms with E-state index in [4.69, 9.17) is 4.74 Å². The summed E-state index contributed by atoms with van der Waals surface area (Å²) in [7, 11) is 0. The maximum Gasteiger partial charge on any atom is 0.325 e. The first-order valence-electron chi connectivity index (χ1n) is 10.3. The van der Waals surface area contributed by atoms with Crippen molar-refractivity contribution in [3.8, 4) is 0 Å². The molecule has 2 aliphatic heterocycles. The number of rotatable bonds is 5. The van der Waals surface area contributed by atoms with Gasteiger partial charge in [0.15, 0.2) is 0 Å². The van der Waals surface area contributed by atoms with E-state index in [0.29, 0.717) is 26.1 Å². The second kappa shape index (κ2) is 8.36. The van der Waals surface area contributed by atoms with Gasteiger partial charge in [-0.05, 0) is 18.9 Å². The molecule has 156 valence electrons. The lowest BCUT2D eigenvalue weighted by Crippen LogP contribution is -2.49. The van der Waals surface area contributed by atoms with E-state index in [1.807, 2.05) is 12.1 Å². The molecule has 0 bridgehead atoms. The molecule has 0 aromatic carbocycles. The normalized spacial score (nSPS) is 21.4. The summed E-state index contributed by atoms with van der Waals surface area (Å²) in [5, 5.41) is 5.66. The minimum absolute atomic E-state index is 0.264. The number of carbonyl (C=O) groups excluding carboxylic acids is 3. The maximum absolute atomic E-state index is 12.8. The first kappa shape index (κ1) is 19.6. The van der Waals surface area contributed by atoms with Gasteiger partial charge in [0, 0.05) is 31.4 Å². The Labute approximate surface area is 169 Å². The molecule has 1 aliphatic carbocycles. The van der Waals surface area contributed by atoms with E-state index < -0.39 is 11.6 Å². The van der Waals surface area contributed by atoms with E-state index in [9.17, 15) is 14.4 Å². The molecule has 0 atom stereocenters. The molecule has 9 heteroatoms. The monoisotopic (exact) mass is 401 g/mol. The van der Waals surface area contributed by atoms with Gasteiger partial charge in [0.1, 0.15) is 17.9 Å². The van der Waals surface area contributed by atoms with Gasteiger partial charge in [-0.3, -0.25) is 14.5 Å². The fraction of sp³-hybridized carbons (Fsp3) is 0.600. The van der Waals surface area contributed by atoms with Gasteiger partial charge in [-0.15, -0.1) is 0 Å². The lowest BCUT2D eigenvalue weighted by molar-refractivity contribution is -0.135. The highest BCUT2D eigenvalue weighted by Gasteiger charge is 2.51. The van der Waals surface area contributed by atoms with Crippen molar-refractivity contribution < 1.29 is 19.1 Å². The molecule has 2 N–H and O–H groups in total. The first-order valence-corrected chi connectivity index (χ1v) is 10.3. The minimum atomic E-state index is -0.803. The number of nitrogens with zero attached hydrogens (tertiary/aromatic N) is 3. The zero-order valence-corrected chi connectivity index (χ0v) is 16.5. The SMILES string of the molecule is O=C(CN1C(=O)NC2(CCCCC2)C1=O)NCc1cccnc1N1CCOCC1. The van der Waals surface area contributed by atoms with Crippen LogP contribution in [0.2, 0.25) is 0 Å². The number of anilines is 1. The van der Waals surface area contributed by atoms with Crippen molar-refractivity contribution in [2.75, 3.05) is 37.7 Å². The number of amides is 4. The van der Waals surface area contributed by atoms with Gasteiger partial charge in [-0.2, -0.15) is 0 Å². The van der Waals surface area contributed by atoms with E-state index in [1.54, 1.807) is 6.20 Å². The van der Waals surface area contributed by atoms with E-state index in [-0.39, 0.29) is 24.9 Å². The third-order valence-corrected chi connectivity index (χ3v) is 5.91. The highest BCUT2D eigenvalue weighted by Crippen LogP contribution is 2.33. The van der Waals surface area contributed by atoms with Gasteiger partial charge in [-0.25, -0.2) is 9.78 Å². The molecule has 1 aromatic heterocycles. The Kier molecular flexibility index (Phi) is 5.66. The molecule has 4 amide bonds. The van der Waals surface area contributed by atoms with Crippen molar-refractivity contribution >= 4 is 23.7 Å². The second-order valence-corrected chi connectivity index (χ2v) is 7.83. The third-order valence-electron chi connectivity index (χ3n) is 5.91. The molecule has 3 heterocycles. The number of ether oxygens (including phenoxy) is 1. The smallest absolute Gasteiger partial charge is 0.325 e. The fourth-order valence-electron chi connectivity index (χ4n) is 4.34. The van der Waals surface area contributed by atoms with Gasteiger partial charge in [-0.1, -0.05) is 25.3 Å². The van der Waals surface area contributed by atoms with E-state index >= 15 is 0 Å². The Hall–Kier alpha value is -2.68. The van der Waals surface area contributed by atoms with Crippen molar-refractivity contribution in [3.63, 3.8) is 0 Å². The van der Waals surface area contributed by atoms with Crippen molar-refractivity contribution in [2.24, 2.45) is 0 Å². The Bertz CT molecular complexity index is 787. The Balaban J connectivity index is 1.36. The molecule has 4 rings (SSSR count). The third kappa shape index (κ3) is 4.05. The first-order chi connectivity index (χ1) is 14.1. The summed E-state index contributed by atoms with van der Waals surface area (Å²) in [6.07, 6.45) is 5.92. The zero-order valence-electron chi connectivity index (χ0n) is 16.5. The molecule has 3 aliphatic rings.